The van der Waals surface area contributed by atoms with Gasteiger partial charge in [0.2, 0.25) is 0 Å². The number of piperidine rings is 1. The minimum absolute atomic E-state index is 0.110. The van der Waals surface area contributed by atoms with Crippen LogP contribution in [0, 0.1) is 0 Å². The number of aliphatic hydroxyl groups is 1. The molecule has 1 aromatic carbocycles. The van der Waals surface area contributed by atoms with Crippen molar-refractivity contribution in [2.75, 3.05) is 40.4 Å². The van der Waals surface area contributed by atoms with Crippen LogP contribution in [0.2, 0.25) is 0 Å². The largest absolute Gasteiger partial charge is 0.393 e. The normalized spacial score (nSPS) is 17.0. The lowest BCUT2D eigenvalue weighted by molar-refractivity contribution is 0.0792. The van der Waals surface area contributed by atoms with E-state index < -0.39 is 0 Å². The smallest absolute Gasteiger partial charge is 0.191 e. The maximum absolute atomic E-state index is 9.57. The third-order valence-corrected chi connectivity index (χ3v) is 4.27. The van der Waals surface area contributed by atoms with Crippen molar-refractivity contribution in [1.29, 1.82) is 0 Å². The highest BCUT2D eigenvalue weighted by molar-refractivity contribution is 5.79. The number of ether oxygens (including phenoxy) is 1. The second-order valence-corrected chi connectivity index (χ2v) is 6.17. The number of nitrogens with one attached hydrogen (secondary N) is 2. The molecule has 1 saturated heterocycles. The fourth-order valence-electron chi connectivity index (χ4n) is 2.78. The molecule has 0 aromatic heterocycles. The SMILES string of the molecule is CN=C(NCCOC)NCc1ccc(CN2CCC(O)CC2)cc1. The summed E-state index contributed by atoms with van der Waals surface area (Å²) in [6.45, 7) is 5.05. The Morgan fingerprint density at radius 3 is 2.50 bits per heavy atom. The molecule has 3 N–H and O–H groups in total. The summed E-state index contributed by atoms with van der Waals surface area (Å²) < 4.78 is 5.02. The summed E-state index contributed by atoms with van der Waals surface area (Å²) in [6, 6.07) is 8.68. The lowest BCUT2D eigenvalue weighted by atomic mass is 10.1. The second-order valence-electron chi connectivity index (χ2n) is 6.17. The Labute approximate surface area is 144 Å². The number of hydrogen-bond acceptors (Lipinski definition) is 4. The van der Waals surface area contributed by atoms with Crippen LogP contribution in [0.25, 0.3) is 0 Å². The molecule has 1 fully saturated rings. The highest BCUT2D eigenvalue weighted by atomic mass is 16.5. The van der Waals surface area contributed by atoms with E-state index >= 15 is 0 Å². The Kier molecular flexibility index (Phi) is 8.01. The third-order valence-electron chi connectivity index (χ3n) is 4.27. The van der Waals surface area contributed by atoms with Gasteiger partial charge in [-0.3, -0.25) is 9.89 Å². The second kappa shape index (κ2) is 10.3. The van der Waals surface area contributed by atoms with E-state index in [0.717, 1.165) is 51.5 Å². The van der Waals surface area contributed by atoms with Gasteiger partial charge in [-0.25, -0.2) is 0 Å². The maximum atomic E-state index is 9.57. The van der Waals surface area contributed by atoms with Gasteiger partial charge in [0.05, 0.1) is 12.7 Å². The van der Waals surface area contributed by atoms with Crippen molar-refractivity contribution in [1.82, 2.24) is 15.5 Å². The van der Waals surface area contributed by atoms with Crippen molar-refractivity contribution in [3.8, 4) is 0 Å². The van der Waals surface area contributed by atoms with Crippen molar-refractivity contribution < 1.29 is 9.84 Å². The van der Waals surface area contributed by atoms with Crippen molar-refractivity contribution in [2.45, 2.75) is 32.0 Å². The molecule has 0 saturated carbocycles. The molecule has 0 radical (unpaired) electrons. The molecule has 6 nitrogen and oxygen atoms in total. The lowest BCUT2D eigenvalue weighted by Crippen LogP contribution is -2.38. The highest BCUT2D eigenvalue weighted by Gasteiger charge is 2.16. The topological polar surface area (TPSA) is 69.1 Å². The third kappa shape index (κ3) is 6.47. The van der Waals surface area contributed by atoms with E-state index in [1.54, 1.807) is 14.2 Å². The fourth-order valence-corrected chi connectivity index (χ4v) is 2.78. The summed E-state index contributed by atoms with van der Waals surface area (Å²) >= 11 is 0. The summed E-state index contributed by atoms with van der Waals surface area (Å²) in [7, 11) is 3.45. The molecule has 0 unspecified atom stereocenters. The zero-order valence-electron chi connectivity index (χ0n) is 14.8. The molecule has 0 aliphatic carbocycles. The highest BCUT2D eigenvalue weighted by Crippen LogP contribution is 2.14. The first-order valence-electron chi connectivity index (χ1n) is 8.63. The van der Waals surface area contributed by atoms with Crippen molar-refractivity contribution in [3.63, 3.8) is 0 Å². The van der Waals surface area contributed by atoms with Gasteiger partial charge in [0.25, 0.3) is 0 Å². The van der Waals surface area contributed by atoms with Gasteiger partial charge in [-0.2, -0.15) is 0 Å². The van der Waals surface area contributed by atoms with Crippen molar-refractivity contribution in [3.05, 3.63) is 35.4 Å². The number of rotatable bonds is 7. The molecule has 6 heteroatoms. The predicted molar refractivity (Wildman–Crippen MR) is 97.0 cm³/mol. The molecular formula is C18H30N4O2. The average molecular weight is 334 g/mol. The molecule has 24 heavy (non-hydrogen) atoms. The Balaban J connectivity index is 1.75. The van der Waals surface area contributed by atoms with Gasteiger partial charge in [0.15, 0.2) is 5.96 Å². The Hall–Kier alpha value is -1.63. The predicted octanol–water partition coefficient (Wildman–Crippen LogP) is 0.955. The number of guanidine groups is 1. The van der Waals surface area contributed by atoms with Gasteiger partial charge >= 0.3 is 0 Å². The molecule has 1 aromatic rings. The molecular weight excluding hydrogens is 304 g/mol. The van der Waals surface area contributed by atoms with E-state index in [1.807, 2.05) is 0 Å². The molecule has 1 heterocycles. The van der Waals surface area contributed by atoms with Crippen LogP contribution >= 0.6 is 0 Å². The molecule has 0 spiro atoms. The van der Waals surface area contributed by atoms with E-state index in [9.17, 15) is 5.11 Å². The van der Waals surface area contributed by atoms with Gasteiger partial charge in [-0.05, 0) is 24.0 Å². The molecule has 0 bridgehead atoms. The van der Waals surface area contributed by atoms with Gasteiger partial charge in [0.1, 0.15) is 0 Å². The Bertz CT molecular complexity index is 496. The van der Waals surface area contributed by atoms with Crippen LogP contribution < -0.4 is 10.6 Å². The van der Waals surface area contributed by atoms with Gasteiger partial charge < -0.3 is 20.5 Å². The molecule has 134 valence electrons. The number of aliphatic imine (C=N–C) groups is 1. The zero-order valence-corrected chi connectivity index (χ0v) is 14.8. The van der Waals surface area contributed by atoms with Gasteiger partial charge in [-0.15, -0.1) is 0 Å². The zero-order chi connectivity index (χ0) is 17.2. The van der Waals surface area contributed by atoms with Crippen LogP contribution in [0.15, 0.2) is 29.3 Å². The van der Waals surface area contributed by atoms with E-state index in [1.165, 1.54) is 11.1 Å². The molecule has 0 atom stereocenters. The number of aliphatic hydroxyl groups excluding tert-OH is 1. The van der Waals surface area contributed by atoms with Crippen LogP contribution in [0.4, 0.5) is 0 Å². The van der Waals surface area contributed by atoms with Crippen molar-refractivity contribution in [2.24, 2.45) is 4.99 Å². The fraction of sp³-hybridized carbons (Fsp3) is 0.611. The maximum Gasteiger partial charge on any atom is 0.191 e. The molecule has 1 aliphatic rings. The summed E-state index contributed by atoms with van der Waals surface area (Å²) in [5.41, 5.74) is 2.54. The first-order valence-corrected chi connectivity index (χ1v) is 8.63. The number of hydrogen-bond donors (Lipinski definition) is 3. The minimum atomic E-state index is -0.110. The van der Waals surface area contributed by atoms with E-state index in [-0.39, 0.29) is 6.10 Å². The van der Waals surface area contributed by atoms with E-state index in [0.29, 0.717) is 6.61 Å². The Morgan fingerprint density at radius 2 is 1.88 bits per heavy atom. The summed E-state index contributed by atoms with van der Waals surface area (Å²) in [4.78, 5) is 6.59. The van der Waals surface area contributed by atoms with Crippen LogP contribution in [0.3, 0.4) is 0 Å². The average Bonchev–Trinajstić information content (AvgIpc) is 2.61. The van der Waals surface area contributed by atoms with Gasteiger partial charge in [-0.1, -0.05) is 24.3 Å². The summed E-state index contributed by atoms with van der Waals surface area (Å²) in [6.07, 6.45) is 1.66. The Morgan fingerprint density at radius 1 is 1.21 bits per heavy atom. The molecule has 1 aliphatic heterocycles. The minimum Gasteiger partial charge on any atom is -0.393 e. The van der Waals surface area contributed by atoms with E-state index in [2.05, 4.69) is 44.8 Å². The van der Waals surface area contributed by atoms with Crippen LogP contribution in [-0.4, -0.2) is 62.5 Å². The lowest BCUT2D eigenvalue weighted by Gasteiger charge is -2.29. The van der Waals surface area contributed by atoms with Crippen LogP contribution in [0.5, 0.6) is 0 Å². The van der Waals surface area contributed by atoms with Crippen molar-refractivity contribution >= 4 is 5.96 Å². The first kappa shape index (κ1) is 18.7. The van der Waals surface area contributed by atoms with Crippen LogP contribution in [-0.2, 0) is 17.8 Å². The molecule has 2 rings (SSSR count). The first-order chi connectivity index (χ1) is 11.7. The number of nitrogens with zero attached hydrogens (tertiary/aromatic N) is 2. The monoisotopic (exact) mass is 334 g/mol. The van der Waals surface area contributed by atoms with Crippen LogP contribution in [0.1, 0.15) is 24.0 Å². The quantitative estimate of drug-likeness (QED) is 0.394. The summed E-state index contributed by atoms with van der Waals surface area (Å²) in [5, 5.41) is 16.1. The number of methoxy groups -OCH3 is 1. The summed E-state index contributed by atoms with van der Waals surface area (Å²) in [5.74, 6) is 0.781. The number of likely N-dealkylation sites (tertiary alicyclic amines) is 1. The molecule has 0 amide bonds. The van der Waals surface area contributed by atoms with E-state index in [4.69, 9.17) is 4.74 Å². The standard InChI is InChI=1S/C18H30N4O2/c1-19-18(20-9-12-24-2)21-13-15-3-5-16(6-4-15)14-22-10-7-17(23)8-11-22/h3-6,17,23H,7-14H2,1-2H3,(H2,19,20,21). The van der Waals surface area contributed by atoms with Gasteiger partial charge in [0, 0.05) is 46.9 Å². The number of benzene rings is 1.